The Bertz CT molecular complexity index is 1200. The van der Waals surface area contributed by atoms with Crippen LogP contribution in [-0.4, -0.2) is 23.8 Å². The summed E-state index contributed by atoms with van der Waals surface area (Å²) >= 11 is 0. The number of nitrogens with one attached hydrogen (secondary N) is 3. The summed E-state index contributed by atoms with van der Waals surface area (Å²) in [6.45, 7) is 3.34. The summed E-state index contributed by atoms with van der Waals surface area (Å²) in [5.74, 6) is -2.36. The van der Waals surface area contributed by atoms with Crippen LogP contribution in [0, 0.1) is 6.92 Å². The number of nitrogens with zero attached hydrogens (tertiary/aromatic N) is 1. The van der Waals surface area contributed by atoms with Crippen LogP contribution < -0.4 is 20.9 Å². The number of rotatable bonds is 11. The largest absolute Gasteiger partial charge is 0.457 e. The first-order chi connectivity index (χ1) is 17.2. The van der Waals surface area contributed by atoms with E-state index in [0.717, 1.165) is 11.1 Å². The van der Waals surface area contributed by atoms with Gasteiger partial charge in [0, 0.05) is 43.8 Å². The summed E-state index contributed by atoms with van der Waals surface area (Å²) in [7, 11) is 1.53. The topological polar surface area (TPSA) is 92.3 Å². The smallest absolute Gasteiger partial charge is 0.273 e. The van der Waals surface area contributed by atoms with Crippen molar-refractivity contribution >= 4 is 17.5 Å². The van der Waals surface area contributed by atoms with E-state index >= 15 is 0 Å². The molecular weight excluding hydrogens is 466 g/mol. The minimum absolute atomic E-state index is 0.00750. The number of aromatic nitrogens is 1. The number of carbonyl (C=O) groups excluding carboxylic acids is 2. The summed E-state index contributed by atoms with van der Waals surface area (Å²) in [6, 6.07) is 14.8. The molecule has 36 heavy (non-hydrogen) atoms. The lowest BCUT2D eigenvalue weighted by Gasteiger charge is -2.15. The van der Waals surface area contributed by atoms with Gasteiger partial charge in [0.1, 0.15) is 17.2 Å². The van der Waals surface area contributed by atoms with E-state index in [1.54, 1.807) is 30.3 Å². The number of carbonyl (C=O) groups is 2. The highest BCUT2D eigenvalue weighted by Gasteiger charge is 2.28. The molecule has 190 valence electrons. The number of hydrogen-bond acceptors (Lipinski definition) is 5. The van der Waals surface area contributed by atoms with E-state index in [-0.39, 0.29) is 35.9 Å². The molecule has 3 aromatic rings. The van der Waals surface area contributed by atoms with Crippen molar-refractivity contribution in [3.63, 3.8) is 0 Å². The van der Waals surface area contributed by atoms with Gasteiger partial charge in [-0.2, -0.15) is 0 Å². The van der Waals surface area contributed by atoms with Crippen molar-refractivity contribution in [3.8, 4) is 11.5 Å². The number of alkyl halides is 2. The number of hydrazine groups is 1. The third kappa shape index (κ3) is 7.24. The van der Waals surface area contributed by atoms with Gasteiger partial charge in [-0.05, 0) is 43.0 Å². The molecule has 0 atom stereocenters. The number of hydrogen-bond donors (Lipinski definition) is 3. The molecule has 3 N–H and O–H groups in total. The third-order valence-electron chi connectivity index (χ3n) is 5.66. The molecule has 2 amide bonds. The van der Waals surface area contributed by atoms with E-state index in [1.807, 2.05) is 13.0 Å². The van der Waals surface area contributed by atoms with Gasteiger partial charge in [0.2, 0.25) is 5.91 Å². The quantitative estimate of drug-likeness (QED) is 0.305. The first-order valence-electron chi connectivity index (χ1n) is 11.7. The van der Waals surface area contributed by atoms with E-state index in [1.165, 1.54) is 38.4 Å². The van der Waals surface area contributed by atoms with Crippen molar-refractivity contribution in [2.45, 2.75) is 45.5 Å². The first-order valence-corrected chi connectivity index (χ1v) is 11.7. The number of pyridine rings is 1. The average Bonchev–Trinajstić information content (AvgIpc) is 2.89. The van der Waals surface area contributed by atoms with Crippen molar-refractivity contribution in [1.29, 1.82) is 0 Å². The minimum Gasteiger partial charge on any atom is -0.457 e. The van der Waals surface area contributed by atoms with Gasteiger partial charge in [0.25, 0.3) is 11.8 Å². The molecule has 1 heterocycles. The fraction of sp³-hybridized carbons (Fsp3) is 0.296. The molecule has 3 rings (SSSR count). The average molecular weight is 497 g/mol. The second-order valence-corrected chi connectivity index (χ2v) is 8.32. The summed E-state index contributed by atoms with van der Waals surface area (Å²) < 4.78 is 33.3. The lowest BCUT2D eigenvalue weighted by atomic mass is 10.0. The Balaban J connectivity index is 1.50. The maximum absolute atomic E-state index is 13.7. The summed E-state index contributed by atoms with van der Waals surface area (Å²) in [5.41, 5.74) is 8.30. The molecule has 7 nitrogen and oxygen atoms in total. The summed E-state index contributed by atoms with van der Waals surface area (Å²) in [6.07, 6.45) is 2.71. The Kier molecular flexibility index (Phi) is 8.94. The maximum Gasteiger partial charge on any atom is 0.273 e. The van der Waals surface area contributed by atoms with Crippen LogP contribution in [0.25, 0.3) is 0 Å². The first kappa shape index (κ1) is 26.6. The summed E-state index contributed by atoms with van der Waals surface area (Å²) in [4.78, 5) is 28.1. The highest BCUT2D eigenvalue weighted by molar-refractivity contribution is 5.92. The zero-order valence-electron chi connectivity index (χ0n) is 20.5. The zero-order chi connectivity index (χ0) is 26.1. The van der Waals surface area contributed by atoms with E-state index < -0.39 is 5.92 Å². The molecule has 0 fully saturated rings. The van der Waals surface area contributed by atoms with E-state index in [4.69, 9.17) is 4.74 Å². The molecule has 0 unspecified atom stereocenters. The standard InChI is InChI=1S/C27H30F2N4O3/c1-4-27(28,29)20-11-9-19(10-12-20)6-5-7-25(34)33-32-23-16-21(13-8-18(23)2)36-22-14-15-31-24(17-22)26(35)30-3/h8-17,32H,4-7H2,1-3H3,(H,30,35)(H,33,34). The predicted octanol–water partition coefficient (Wildman–Crippen LogP) is 5.51. The van der Waals surface area contributed by atoms with Crippen LogP contribution in [0.2, 0.25) is 0 Å². The Morgan fingerprint density at radius 3 is 2.44 bits per heavy atom. The molecular formula is C27H30F2N4O3. The molecule has 0 spiro atoms. The highest BCUT2D eigenvalue weighted by atomic mass is 19.3. The second kappa shape index (κ2) is 12.1. The molecule has 0 aliphatic rings. The zero-order valence-corrected chi connectivity index (χ0v) is 20.5. The van der Waals surface area contributed by atoms with Crippen LogP contribution in [0.1, 0.15) is 53.4 Å². The maximum atomic E-state index is 13.7. The Labute approximate surface area is 209 Å². The number of aryl methyl sites for hydroxylation is 2. The van der Waals surface area contributed by atoms with Crippen molar-refractivity contribution in [2.75, 3.05) is 12.5 Å². The Morgan fingerprint density at radius 1 is 1.03 bits per heavy atom. The van der Waals surface area contributed by atoms with E-state index in [2.05, 4.69) is 21.2 Å². The van der Waals surface area contributed by atoms with Crippen LogP contribution in [0.4, 0.5) is 14.5 Å². The van der Waals surface area contributed by atoms with Gasteiger partial charge in [-0.3, -0.25) is 25.4 Å². The van der Waals surface area contributed by atoms with Crippen LogP contribution >= 0.6 is 0 Å². The lowest BCUT2D eigenvalue weighted by molar-refractivity contribution is -0.120. The minimum atomic E-state index is -2.82. The fourth-order valence-corrected chi connectivity index (χ4v) is 3.43. The van der Waals surface area contributed by atoms with Crippen LogP contribution in [-0.2, 0) is 17.1 Å². The van der Waals surface area contributed by atoms with Gasteiger partial charge in [-0.25, -0.2) is 8.78 Å². The summed E-state index contributed by atoms with van der Waals surface area (Å²) in [5, 5.41) is 2.52. The SMILES string of the molecule is CCC(F)(F)c1ccc(CCCC(=O)NNc2cc(Oc3ccnc(C(=O)NC)c3)ccc2C)cc1. The van der Waals surface area contributed by atoms with Gasteiger partial charge < -0.3 is 10.1 Å². The van der Waals surface area contributed by atoms with Gasteiger partial charge in [0.15, 0.2) is 0 Å². The highest BCUT2D eigenvalue weighted by Crippen LogP contribution is 2.31. The molecule has 0 saturated heterocycles. The molecule has 9 heteroatoms. The van der Waals surface area contributed by atoms with Crippen LogP contribution in [0.15, 0.2) is 60.8 Å². The third-order valence-corrected chi connectivity index (χ3v) is 5.66. The molecule has 0 aliphatic carbocycles. The Morgan fingerprint density at radius 2 is 1.75 bits per heavy atom. The lowest BCUT2D eigenvalue weighted by Crippen LogP contribution is -2.29. The number of halogens is 2. The van der Waals surface area contributed by atoms with Crippen molar-refractivity contribution < 1.29 is 23.1 Å². The number of amides is 2. The van der Waals surface area contributed by atoms with Crippen molar-refractivity contribution in [3.05, 3.63) is 83.2 Å². The fourth-order valence-electron chi connectivity index (χ4n) is 3.43. The van der Waals surface area contributed by atoms with Crippen LogP contribution in [0.5, 0.6) is 11.5 Å². The monoisotopic (exact) mass is 496 g/mol. The van der Waals surface area contributed by atoms with E-state index in [9.17, 15) is 18.4 Å². The number of anilines is 1. The molecule has 0 saturated carbocycles. The van der Waals surface area contributed by atoms with Gasteiger partial charge in [0.05, 0.1) is 5.69 Å². The second-order valence-electron chi connectivity index (χ2n) is 8.32. The predicted molar refractivity (Wildman–Crippen MR) is 134 cm³/mol. The number of benzene rings is 2. The van der Waals surface area contributed by atoms with Gasteiger partial charge in [-0.1, -0.05) is 37.3 Å². The normalized spacial score (nSPS) is 11.0. The van der Waals surface area contributed by atoms with Gasteiger partial charge >= 0.3 is 0 Å². The van der Waals surface area contributed by atoms with Crippen molar-refractivity contribution in [2.24, 2.45) is 0 Å². The van der Waals surface area contributed by atoms with E-state index in [0.29, 0.717) is 30.0 Å². The molecule has 0 aliphatic heterocycles. The molecule has 2 aromatic carbocycles. The molecule has 0 bridgehead atoms. The van der Waals surface area contributed by atoms with Gasteiger partial charge in [-0.15, -0.1) is 0 Å². The molecule has 0 radical (unpaired) electrons. The van der Waals surface area contributed by atoms with Crippen LogP contribution in [0.3, 0.4) is 0 Å². The Hall–Kier alpha value is -4.01. The molecule has 1 aromatic heterocycles. The number of ether oxygens (including phenoxy) is 1. The van der Waals surface area contributed by atoms with Crippen molar-refractivity contribution in [1.82, 2.24) is 15.7 Å².